The summed E-state index contributed by atoms with van der Waals surface area (Å²) in [5, 5.41) is 8.86. The molecule has 1 aliphatic rings. The molecule has 0 aromatic rings. The Balaban J connectivity index is 2.91. The molecular formula is C11H17N3O. The topological polar surface area (TPSA) is 70.1 Å². The highest BCUT2D eigenvalue weighted by Gasteiger charge is 2.33. The van der Waals surface area contributed by atoms with Crippen LogP contribution in [0.15, 0.2) is 11.3 Å². The van der Waals surface area contributed by atoms with E-state index in [1.165, 1.54) is 6.92 Å². The third-order valence-electron chi connectivity index (χ3n) is 2.65. The first-order valence-electron chi connectivity index (χ1n) is 5.13. The smallest absolute Gasteiger partial charge is 0.220 e. The molecule has 0 saturated carbocycles. The van der Waals surface area contributed by atoms with E-state index >= 15 is 0 Å². The van der Waals surface area contributed by atoms with E-state index in [0.717, 1.165) is 6.42 Å². The van der Waals surface area contributed by atoms with Crippen LogP contribution < -0.4 is 5.73 Å². The second-order valence-corrected chi connectivity index (χ2v) is 4.34. The average molecular weight is 207 g/mol. The monoisotopic (exact) mass is 207 g/mol. The first kappa shape index (κ1) is 11.6. The van der Waals surface area contributed by atoms with E-state index in [-0.39, 0.29) is 11.9 Å². The van der Waals surface area contributed by atoms with Crippen molar-refractivity contribution in [3.63, 3.8) is 0 Å². The molecule has 1 rings (SSSR count). The summed E-state index contributed by atoms with van der Waals surface area (Å²) in [7, 11) is 0. The van der Waals surface area contributed by atoms with Crippen LogP contribution in [0.1, 0.15) is 27.2 Å². The Bertz CT molecular complexity index is 338. The van der Waals surface area contributed by atoms with Crippen LogP contribution in [0.3, 0.4) is 0 Å². The lowest BCUT2D eigenvalue weighted by atomic mass is 10.0. The van der Waals surface area contributed by atoms with Crippen LogP contribution in [0.4, 0.5) is 0 Å². The van der Waals surface area contributed by atoms with Crippen molar-refractivity contribution < 1.29 is 4.79 Å². The number of rotatable bonds is 2. The zero-order valence-corrected chi connectivity index (χ0v) is 9.45. The highest BCUT2D eigenvalue weighted by atomic mass is 16.2. The van der Waals surface area contributed by atoms with Gasteiger partial charge in [0.2, 0.25) is 5.91 Å². The molecule has 0 unspecified atom stereocenters. The molecule has 0 aliphatic carbocycles. The van der Waals surface area contributed by atoms with Gasteiger partial charge in [0.1, 0.15) is 0 Å². The SMILES string of the molecule is CC(=O)N1CC(C#N)=C(N)[C@H]1CC(C)C. The van der Waals surface area contributed by atoms with Gasteiger partial charge in [0.15, 0.2) is 0 Å². The summed E-state index contributed by atoms with van der Waals surface area (Å²) < 4.78 is 0. The van der Waals surface area contributed by atoms with Gasteiger partial charge in [0, 0.05) is 12.6 Å². The summed E-state index contributed by atoms with van der Waals surface area (Å²) >= 11 is 0. The van der Waals surface area contributed by atoms with Gasteiger partial charge in [-0.05, 0) is 12.3 Å². The van der Waals surface area contributed by atoms with Crippen molar-refractivity contribution in [2.75, 3.05) is 6.54 Å². The first-order chi connectivity index (χ1) is 6.97. The maximum atomic E-state index is 11.4. The molecule has 1 heterocycles. The van der Waals surface area contributed by atoms with E-state index in [1.54, 1.807) is 4.90 Å². The summed E-state index contributed by atoms with van der Waals surface area (Å²) in [5.41, 5.74) is 6.98. The van der Waals surface area contributed by atoms with Gasteiger partial charge >= 0.3 is 0 Å². The van der Waals surface area contributed by atoms with Crippen molar-refractivity contribution in [1.82, 2.24) is 4.90 Å². The lowest BCUT2D eigenvalue weighted by Crippen LogP contribution is -2.38. The molecule has 1 atom stereocenters. The summed E-state index contributed by atoms with van der Waals surface area (Å²) in [6.45, 7) is 6.04. The van der Waals surface area contributed by atoms with Crippen molar-refractivity contribution in [2.24, 2.45) is 11.7 Å². The summed E-state index contributed by atoms with van der Waals surface area (Å²) in [6, 6.07) is 1.98. The average Bonchev–Trinajstić information content (AvgIpc) is 2.43. The largest absolute Gasteiger partial charge is 0.399 e. The third-order valence-corrected chi connectivity index (χ3v) is 2.65. The highest BCUT2D eigenvalue weighted by Crippen LogP contribution is 2.25. The highest BCUT2D eigenvalue weighted by molar-refractivity contribution is 5.75. The normalized spacial score (nSPS) is 21.0. The van der Waals surface area contributed by atoms with E-state index in [4.69, 9.17) is 11.0 Å². The van der Waals surface area contributed by atoms with Gasteiger partial charge in [-0.3, -0.25) is 4.79 Å². The lowest BCUT2D eigenvalue weighted by molar-refractivity contribution is -0.129. The molecule has 0 saturated heterocycles. The van der Waals surface area contributed by atoms with Gasteiger partial charge in [0.25, 0.3) is 0 Å². The van der Waals surface area contributed by atoms with Crippen molar-refractivity contribution in [3.8, 4) is 6.07 Å². The summed E-state index contributed by atoms with van der Waals surface area (Å²) in [4.78, 5) is 13.1. The van der Waals surface area contributed by atoms with E-state index < -0.39 is 0 Å². The van der Waals surface area contributed by atoms with Crippen LogP contribution in [-0.4, -0.2) is 23.4 Å². The zero-order chi connectivity index (χ0) is 11.6. The number of hydrogen-bond acceptors (Lipinski definition) is 3. The van der Waals surface area contributed by atoms with Crippen LogP contribution in [-0.2, 0) is 4.79 Å². The first-order valence-corrected chi connectivity index (χ1v) is 5.13. The van der Waals surface area contributed by atoms with Crippen LogP contribution >= 0.6 is 0 Å². The zero-order valence-electron chi connectivity index (χ0n) is 9.45. The van der Waals surface area contributed by atoms with Gasteiger partial charge in [-0.25, -0.2) is 0 Å². The third kappa shape index (κ3) is 2.30. The number of nitrogens with zero attached hydrogens (tertiary/aromatic N) is 2. The van der Waals surface area contributed by atoms with Gasteiger partial charge in [-0.2, -0.15) is 5.26 Å². The minimum absolute atomic E-state index is 0.0196. The standard InChI is InChI=1S/C11H17N3O/c1-7(2)4-10-11(13)9(5-12)6-14(10)8(3)15/h7,10H,4,6,13H2,1-3H3/t10-/m1/s1. The number of nitriles is 1. The Hall–Kier alpha value is -1.50. The molecule has 2 N–H and O–H groups in total. The fourth-order valence-corrected chi connectivity index (χ4v) is 1.87. The van der Waals surface area contributed by atoms with Crippen LogP contribution in [0.5, 0.6) is 0 Å². The minimum atomic E-state index is -0.0860. The quantitative estimate of drug-likeness (QED) is 0.734. The molecule has 1 aliphatic heterocycles. The second-order valence-electron chi connectivity index (χ2n) is 4.34. The molecule has 0 aromatic carbocycles. The van der Waals surface area contributed by atoms with Crippen molar-refractivity contribution in [2.45, 2.75) is 33.2 Å². The summed E-state index contributed by atoms with van der Waals surface area (Å²) in [5.74, 6) is 0.433. The molecule has 15 heavy (non-hydrogen) atoms. The molecule has 4 nitrogen and oxygen atoms in total. The lowest BCUT2D eigenvalue weighted by Gasteiger charge is -2.25. The second kappa shape index (κ2) is 4.35. The Morgan fingerprint density at radius 2 is 2.33 bits per heavy atom. The van der Waals surface area contributed by atoms with Gasteiger partial charge < -0.3 is 10.6 Å². The number of hydrogen-bond donors (Lipinski definition) is 1. The molecular weight excluding hydrogens is 190 g/mol. The molecule has 0 spiro atoms. The van der Waals surface area contributed by atoms with E-state index in [9.17, 15) is 4.79 Å². The van der Waals surface area contributed by atoms with Gasteiger partial charge in [-0.1, -0.05) is 13.8 Å². The number of carbonyl (C=O) groups is 1. The summed E-state index contributed by atoms with van der Waals surface area (Å²) in [6.07, 6.45) is 0.816. The van der Waals surface area contributed by atoms with Crippen molar-refractivity contribution in [3.05, 3.63) is 11.3 Å². The maximum absolute atomic E-state index is 11.4. The van der Waals surface area contributed by atoms with Crippen LogP contribution in [0.25, 0.3) is 0 Å². The molecule has 0 aromatic heterocycles. The molecule has 0 radical (unpaired) electrons. The van der Waals surface area contributed by atoms with Crippen LogP contribution in [0, 0.1) is 17.2 Å². The van der Waals surface area contributed by atoms with E-state index in [0.29, 0.717) is 23.7 Å². The molecule has 4 heteroatoms. The Labute approximate surface area is 90.3 Å². The number of amides is 1. The number of nitrogens with two attached hydrogens (primary N) is 1. The van der Waals surface area contributed by atoms with E-state index in [1.807, 2.05) is 0 Å². The molecule has 0 bridgehead atoms. The molecule has 82 valence electrons. The Morgan fingerprint density at radius 3 is 2.73 bits per heavy atom. The maximum Gasteiger partial charge on any atom is 0.220 e. The van der Waals surface area contributed by atoms with E-state index in [2.05, 4.69) is 19.9 Å². The molecule has 0 fully saturated rings. The fraction of sp³-hybridized carbons (Fsp3) is 0.636. The Kier molecular flexibility index (Phi) is 3.35. The number of carbonyl (C=O) groups excluding carboxylic acids is 1. The van der Waals surface area contributed by atoms with Crippen molar-refractivity contribution in [1.29, 1.82) is 5.26 Å². The van der Waals surface area contributed by atoms with Gasteiger partial charge in [0.05, 0.1) is 24.2 Å². The molecule has 1 amide bonds. The van der Waals surface area contributed by atoms with Gasteiger partial charge in [-0.15, -0.1) is 0 Å². The predicted molar refractivity (Wildman–Crippen MR) is 57.5 cm³/mol. The van der Waals surface area contributed by atoms with Crippen molar-refractivity contribution >= 4 is 5.91 Å². The predicted octanol–water partition coefficient (Wildman–Crippen LogP) is 1.000. The Morgan fingerprint density at radius 1 is 1.73 bits per heavy atom. The minimum Gasteiger partial charge on any atom is -0.399 e. The van der Waals surface area contributed by atoms with Crippen LogP contribution in [0.2, 0.25) is 0 Å². The fourth-order valence-electron chi connectivity index (χ4n) is 1.87.